The van der Waals surface area contributed by atoms with Crippen molar-refractivity contribution in [2.75, 3.05) is 0 Å². The molecule has 0 aromatic heterocycles. The van der Waals surface area contributed by atoms with Gasteiger partial charge >= 0.3 is 0 Å². The Morgan fingerprint density at radius 2 is 1.67 bits per heavy atom. The molecule has 72 valence electrons. The SMILES string of the molecule is C=C[Si](C)(C)CCC[Si](C)(C)Cl. The molecule has 0 saturated heterocycles. The van der Waals surface area contributed by atoms with Crippen LogP contribution < -0.4 is 0 Å². The van der Waals surface area contributed by atoms with Crippen LogP contribution in [-0.2, 0) is 0 Å². The molecular formula is C9H21ClSi2. The Hall–Kier alpha value is 0.464. The summed E-state index contributed by atoms with van der Waals surface area (Å²) in [5.41, 5.74) is 2.18. The molecule has 0 heterocycles. The summed E-state index contributed by atoms with van der Waals surface area (Å²) < 4.78 is 0. The molecule has 0 aromatic carbocycles. The van der Waals surface area contributed by atoms with E-state index in [9.17, 15) is 0 Å². The first-order chi connectivity index (χ1) is 5.27. The lowest BCUT2D eigenvalue weighted by atomic mass is 10.6. The average molecular weight is 221 g/mol. The van der Waals surface area contributed by atoms with E-state index in [1.54, 1.807) is 0 Å². The van der Waals surface area contributed by atoms with Crippen molar-refractivity contribution >= 4 is 26.5 Å². The van der Waals surface area contributed by atoms with Crippen molar-refractivity contribution in [1.82, 2.24) is 0 Å². The van der Waals surface area contributed by atoms with Crippen LogP contribution in [0.2, 0.25) is 38.3 Å². The Bertz CT molecular complexity index is 147. The standard InChI is InChI=1S/C9H21ClSi2/c1-6-11(2,3)8-7-9-12(4,5)10/h6H,1,7-9H2,2-5H3. The smallest absolute Gasteiger partial charge is 0.150 e. The molecule has 0 radical (unpaired) electrons. The van der Waals surface area contributed by atoms with Crippen LogP contribution in [0.15, 0.2) is 12.3 Å². The summed E-state index contributed by atoms with van der Waals surface area (Å²) in [7, 11) is -2.36. The minimum Gasteiger partial charge on any atom is -0.168 e. The third kappa shape index (κ3) is 7.13. The van der Waals surface area contributed by atoms with Crippen LogP contribution >= 0.6 is 11.1 Å². The van der Waals surface area contributed by atoms with Gasteiger partial charge in [0.05, 0.1) is 8.07 Å². The maximum Gasteiger partial charge on any atom is 0.150 e. The third-order valence-electron chi connectivity index (χ3n) is 2.14. The summed E-state index contributed by atoms with van der Waals surface area (Å²) in [6.45, 7) is 13.1. The van der Waals surface area contributed by atoms with Crippen LogP contribution in [0.25, 0.3) is 0 Å². The molecule has 0 aliphatic heterocycles. The number of hydrogen-bond acceptors (Lipinski definition) is 0. The second kappa shape index (κ2) is 4.63. The average Bonchev–Trinajstić information content (AvgIpc) is 1.84. The van der Waals surface area contributed by atoms with Gasteiger partial charge in [-0.3, -0.25) is 0 Å². The molecule has 0 bridgehead atoms. The molecule has 0 spiro atoms. The fraction of sp³-hybridized carbons (Fsp3) is 0.778. The Labute approximate surface area is 83.7 Å². The first-order valence-electron chi connectivity index (χ1n) is 4.59. The van der Waals surface area contributed by atoms with Gasteiger partial charge in [-0.2, -0.15) is 11.1 Å². The van der Waals surface area contributed by atoms with Crippen molar-refractivity contribution in [2.45, 2.75) is 44.7 Å². The van der Waals surface area contributed by atoms with E-state index in [-0.39, 0.29) is 0 Å². The maximum absolute atomic E-state index is 6.23. The van der Waals surface area contributed by atoms with Gasteiger partial charge in [0.25, 0.3) is 0 Å². The molecule has 0 aliphatic carbocycles. The van der Waals surface area contributed by atoms with Crippen molar-refractivity contribution in [3.05, 3.63) is 12.3 Å². The molecule has 12 heavy (non-hydrogen) atoms. The van der Waals surface area contributed by atoms with Crippen LogP contribution in [0, 0.1) is 0 Å². The minimum absolute atomic E-state index is 1.05. The summed E-state index contributed by atoms with van der Waals surface area (Å²) in [6.07, 6.45) is 1.30. The van der Waals surface area contributed by atoms with Gasteiger partial charge in [0.1, 0.15) is 7.38 Å². The van der Waals surface area contributed by atoms with E-state index in [0.29, 0.717) is 0 Å². The summed E-state index contributed by atoms with van der Waals surface area (Å²) in [5, 5.41) is 0. The summed E-state index contributed by atoms with van der Waals surface area (Å²) >= 11 is 6.23. The van der Waals surface area contributed by atoms with Crippen molar-refractivity contribution in [3.63, 3.8) is 0 Å². The van der Waals surface area contributed by atoms with Crippen LogP contribution in [-0.4, -0.2) is 15.5 Å². The Morgan fingerprint density at radius 1 is 1.17 bits per heavy atom. The summed E-state index contributed by atoms with van der Waals surface area (Å²) in [6, 6.07) is 2.60. The van der Waals surface area contributed by atoms with Gasteiger partial charge < -0.3 is 0 Å². The Balaban J connectivity index is 3.64. The zero-order valence-corrected chi connectivity index (χ0v) is 11.5. The molecular weight excluding hydrogens is 200 g/mol. The van der Waals surface area contributed by atoms with E-state index in [1.807, 2.05) is 0 Å². The van der Waals surface area contributed by atoms with Crippen molar-refractivity contribution < 1.29 is 0 Å². The van der Waals surface area contributed by atoms with E-state index in [4.69, 9.17) is 11.1 Å². The predicted molar refractivity (Wildman–Crippen MR) is 65.2 cm³/mol. The molecule has 0 atom stereocenters. The van der Waals surface area contributed by atoms with Crippen molar-refractivity contribution in [1.29, 1.82) is 0 Å². The van der Waals surface area contributed by atoms with Crippen molar-refractivity contribution in [3.8, 4) is 0 Å². The van der Waals surface area contributed by atoms with Gasteiger partial charge in [-0.15, -0.1) is 12.3 Å². The maximum atomic E-state index is 6.23. The zero-order chi connectivity index (χ0) is 9.83. The molecule has 0 fully saturated rings. The highest BCUT2D eigenvalue weighted by Gasteiger charge is 2.20. The number of rotatable bonds is 5. The number of hydrogen-bond donors (Lipinski definition) is 0. The van der Waals surface area contributed by atoms with E-state index in [1.165, 1.54) is 18.5 Å². The van der Waals surface area contributed by atoms with Gasteiger partial charge in [0.2, 0.25) is 0 Å². The molecule has 0 nitrogen and oxygen atoms in total. The molecule has 0 rings (SSSR count). The molecule has 3 heteroatoms. The Morgan fingerprint density at radius 3 is 2.00 bits per heavy atom. The van der Waals surface area contributed by atoms with Crippen LogP contribution in [0.3, 0.4) is 0 Å². The second-order valence-corrected chi connectivity index (χ2v) is 16.7. The Kier molecular flexibility index (Phi) is 4.81. The fourth-order valence-electron chi connectivity index (χ4n) is 1.07. The summed E-state index contributed by atoms with van der Waals surface area (Å²) in [4.78, 5) is 0. The van der Waals surface area contributed by atoms with E-state index >= 15 is 0 Å². The first kappa shape index (κ1) is 12.5. The first-order valence-corrected chi connectivity index (χ1v) is 12.1. The van der Waals surface area contributed by atoms with Crippen LogP contribution in [0.1, 0.15) is 6.42 Å². The van der Waals surface area contributed by atoms with Crippen LogP contribution in [0.4, 0.5) is 0 Å². The van der Waals surface area contributed by atoms with E-state index < -0.39 is 15.5 Å². The summed E-state index contributed by atoms with van der Waals surface area (Å²) in [5.74, 6) is 0. The van der Waals surface area contributed by atoms with Gasteiger partial charge in [0.15, 0.2) is 0 Å². The quantitative estimate of drug-likeness (QED) is 0.480. The van der Waals surface area contributed by atoms with E-state index in [0.717, 1.165) is 0 Å². The molecule has 0 saturated carbocycles. The molecule has 0 unspecified atom stereocenters. The lowest BCUT2D eigenvalue weighted by molar-refractivity contribution is 1.03. The monoisotopic (exact) mass is 220 g/mol. The number of halogens is 1. The minimum atomic E-state index is -1.31. The third-order valence-corrected chi connectivity index (χ3v) is 7.00. The molecule has 0 aliphatic rings. The molecule has 0 amide bonds. The lowest BCUT2D eigenvalue weighted by Crippen LogP contribution is -2.23. The highest BCUT2D eigenvalue weighted by molar-refractivity contribution is 7.19. The normalized spacial score (nSPS) is 13.1. The van der Waals surface area contributed by atoms with Gasteiger partial charge in [0, 0.05) is 0 Å². The topological polar surface area (TPSA) is 0 Å². The van der Waals surface area contributed by atoms with Gasteiger partial charge in [-0.25, -0.2) is 0 Å². The second-order valence-electron chi connectivity index (χ2n) is 4.76. The van der Waals surface area contributed by atoms with Gasteiger partial charge in [-0.1, -0.05) is 38.7 Å². The highest BCUT2D eigenvalue weighted by atomic mass is 35.6. The lowest BCUT2D eigenvalue weighted by Gasteiger charge is -2.19. The van der Waals surface area contributed by atoms with Crippen LogP contribution in [0.5, 0.6) is 0 Å². The van der Waals surface area contributed by atoms with Gasteiger partial charge in [-0.05, 0) is 6.04 Å². The fourth-order valence-corrected chi connectivity index (χ4v) is 4.13. The molecule has 0 N–H and O–H groups in total. The zero-order valence-electron chi connectivity index (χ0n) is 8.78. The predicted octanol–water partition coefficient (Wildman–Crippen LogP) is 4.25. The highest BCUT2D eigenvalue weighted by Crippen LogP contribution is 2.22. The van der Waals surface area contributed by atoms with Crippen molar-refractivity contribution in [2.24, 2.45) is 0 Å². The largest absolute Gasteiger partial charge is 0.168 e. The van der Waals surface area contributed by atoms with E-state index in [2.05, 4.69) is 38.5 Å². The molecule has 0 aromatic rings.